The van der Waals surface area contributed by atoms with E-state index in [0.717, 1.165) is 19.3 Å². The molecule has 0 saturated carbocycles. The third-order valence-electron chi connectivity index (χ3n) is 3.93. The third-order valence-corrected chi connectivity index (χ3v) is 5.89. The molecule has 128 valence electrons. The van der Waals surface area contributed by atoms with Gasteiger partial charge in [-0.05, 0) is 51.3 Å². The number of likely N-dealkylation sites (tertiary alicyclic amines) is 1. The van der Waals surface area contributed by atoms with Gasteiger partial charge in [0.2, 0.25) is 15.9 Å². The average molecular weight is 379 g/mol. The first kappa shape index (κ1) is 18.5. The molecule has 0 radical (unpaired) electrons. The van der Waals surface area contributed by atoms with Gasteiger partial charge in [0.1, 0.15) is 0 Å². The first-order valence-electron chi connectivity index (χ1n) is 7.49. The Balaban J connectivity index is 2.14. The molecule has 1 aromatic rings. The SMILES string of the molecule is CC(NS(=O)(=O)c1cc(Cl)cc(Cl)c1)C(=O)N1CCCCC1C. The molecule has 1 aromatic carbocycles. The van der Waals surface area contributed by atoms with Crippen LogP contribution in [0.5, 0.6) is 0 Å². The predicted molar refractivity (Wildman–Crippen MR) is 91.3 cm³/mol. The molecule has 8 heteroatoms. The second-order valence-electron chi connectivity index (χ2n) is 5.82. The number of amides is 1. The van der Waals surface area contributed by atoms with Gasteiger partial charge in [-0.25, -0.2) is 8.42 Å². The van der Waals surface area contributed by atoms with Crippen LogP contribution in [0.3, 0.4) is 0 Å². The van der Waals surface area contributed by atoms with Crippen molar-refractivity contribution >= 4 is 39.1 Å². The molecular formula is C15H20Cl2N2O3S. The van der Waals surface area contributed by atoms with E-state index in [1.807, 2.05) is 6.92 Å². The standard InChI is InChI=1S/C15H20Cl2N2O3S/c1-10-5-3-4-6-19(10)15(20)11(2)18-23(21,22)14-8-12(16)7-13(17)9-14/h7-11,18H,3-6H2,1-2H3. The summed E-state index contributed by atoms with van der Waals surface area (Å²) in [5.74, 6) is -0.214. The fraction of sp³-hybridized carbons (Fsp3) is 0.533. The molecule has 1 saturated heterocycles. The first-order valence-corrected chi connectivity index (χ1v) is 9.73. The van der Waals surface area contributed by atoms with Crippen molar-refractivity contribution in [2.24, 2.45) is 0 Å². The fourth-order valence-electron chi connectivity index (χ4n) is 2.71. The number of carbonyl (C=O) groups excluding carboxylic acids is 1. The van der Waals surface area contributed by atoms with Crippen LogP contribution < -0.4 is 4.72 Å². The number of piperidine rings is 1. The molecular weight excluding hydrogens is 359 g/mol. The second-order valence-corrected chi connectivity index (χ2v) is 8.41. The van der Waals surface area contributed by atoms with Crippen LogP contribution >= 0.6 is 23.2 Å². The zero-order valence-electron chi connectivity index (χ0n) is 13.1. The molecule has 2 atom stereocenters. The van der Waals surface area contributed by atoms with Crippen LogP contribution in [0.25, 0.3) is 0 Å². The Morgan fingerprint density at radius 2 is 1.87 bits per heavy atom. The van der Waals surface area contributed by atoms with E-state index < -0.39 is 16.1 Å². The van der Waals surface area contributed by atoms with Crippen LogP contribution in [0.2, 0.25) is 10.0 Å². The summed E-state index contributed by atoms with van der Waals surface area (Å²) in [5, 5.41) is 0.447. The number of nitrogens with zero attached hydrogens (tertiary/aromatic N) is 1. The largest absolute Gasteiger partial charge is 0.339 e. The highest BCUT2D eigenvalue weighted by Gasteiger charge is 2.30. The summed E-state index contributed by atoms with van der Waals surface area (Å²) in [6.45, 7) is 4.19. The minimum absolute atomic E-state index is 0.0543. The van der Waals surface area contributed by atoms with Gasteiger partial charge >= 0.3 is 0 Å². The number of hydrogen-bond acceptors (Lipinski definition) is 3. The molecule has 2 rings (SSSR count). The summed E-state index contributed by atoms with van der Waals surface area (Å²) < 4.78 is 27.2. The van der Waals surface area contributed by atoms with Crippen LogP contribution in [-0.4, -0.2) is 37.9 Å². The summed E-state index contributed by atoms with van der Waals surface area (Å²) in [7, 11) is -3.87. The summed E-state index contributed by atoms with van der Waals surface area (Å²) >= 11 is 11.7. The Labute approximate surface area is 147 Å². The first-order chi connectivity index (χ1) is 10.7. The number of nitrogens with one attached hydrogen (secondary N) is 1. The highest BCUT2D eigenvalue weighted by Crippen LogP contribution is 2.23. The van der Waals surface area contributed by atoms with Crippen LogP contribution in [0, 0.1) is 0 Å². The van der Waals surface area contributed by atoms with Gasteiger partial charge in [0, 0.05) is 22.6 Å². The Hall–Kier alpha value is -0.820. The van der Waals surface area contributed by atoms with E-state index in [9.17, 15) is 13.2 Å². The Bertz CT molecular complexity index is 674. The van der Waals surface area contributed by atoms with Gasteiger partial charge in [-0.1, -0.05) is 23.2 Å². The number of benzene rings is 1. The number of rotatable bonds is 4. The minimum Gasteiger partial charge on any atom is -0.339 e. The average Bonchev–Trinajstić information content (AvgIpc) is 2.45. The predicted octanol–water partition coefficient (Wildman–Crippen LogP) is 3.06. The van der Waals surface area contributed by atoms with Crippen LogP contribution in [-0.2, 0) is 14.8 Å². The maximum Gasteiger partial charge on any atom is 0.241 e. The van der Waals surface area contributed by atoms with Crippen molar-refractivity contribution in [1.82, 2.24) is 9.62 Å². The van der Waals surface area contributed by atoms with Crippen molar-refractivity contribution < 1.29 is 13.2 Å². The van der Waals surface area contributed by atoms with Gasteiger partial charge in [-0.15, -0.1) is 0 Å². The number of carbonyl (C=O) groups is 1. The van der Waals surface area contributed by atoms with Crippen LogP contribution in [0.15, 0.2) is 23.1 Å². The molecule has 1 amide bonds. The van der Waals surface area contributed by atoms with E-state index in [2.05, 4.69) is 4.72 Å². The van der Waals surface area contributed by atoms with Gasteiger partial charge in [-0.3, -0.25) is 4.79 Å². The molecule has 1 aliphatic heterocycles. The zero-order valence-corrected chi connectivity index (χ0v) is 15.4. The lowest BCUT2D eigenvalue weighted by atomic mass is 10.0. The van der Waals surface area contributed by atoms with Crippen molar-refractivity contribution in [2.75, 3.05) is 6.54 Å². The maximum absolute atomic E-state index is 12.5. The number of sulfonamides is 1. The lowest BCUT2D eigenvalue weighted by molar-refractivity contribution is -0.135. The normalized spacial score (nSPS) is 20.3. The van der Waals surface area contributed by atoms with Gasteiger partial charge < -0.3 is 4.90 Å². The second kappa shape index (κ2) is 7.38. The lowest BCUT2D eigenvalue weighted by Gasteiger charge is -2.35. The molecule has 0 aromatic heterocycles. The quantitative estimate of drug-likeness (QED) is 0.875. The van der Waals surface area contributed by atoms with Crippen molar-refractivity contribution in [3.63, 3.8) is 0 Å². The Kier molecular flexibility index (Phi) is 5.94. The van der Waals surface area contributed by atoms with Gasteiger partial charge in [0.15, 0.2) is 0 Å². The van der Waals surface area contributed by atoms with E-state index in [4.69, 9.17) is 23.2 Å². The van der Waals surface area contributed by atoms with E-state index in [1.54, 1.807) is 11.8 Å². The highest BCUT2D eigenvalue weighted by atomic mass is 35.5. The third kappa shape index (κ3) is 4.59. The van der Waals surface area contributed by atoms with Crippen molar-refractivity contribution in [3.8, 4) is 0 Å². The maximum atomic E-state index is 12.5. The molecule has 0 spiro atoms. The highest BCUT2D eigenvalue weighted by molar-refractivity contribution is 7.89. The molecule has 23 heavy (non-hydrogen) atoms. The van der Waals surface area contributed by atoms with Crippen molar-refractivity contribution in [1.29, 1.82) is 0 Å². The molecule has 2 unspecified atom stereocenters. The molecule has 0 aliphatic carbocycles. The molecule has 5 nitrogen and oxygen atoms in total. The summed E-state index contributed by atoms with van der Waals surface area (Å²) in [6.07, 6.45) is 2.97. The molecule has 0 bridgehead atoms. The monoisotopic (exact) mass is 378 g/mol. The van der Waals surface area contributed by atoms with Crippen molar-refractivity contribution in [2.45, 2.75) is 50.1 Å². The summed E-state index contributed by atoms with van der Waals surface area (Å²) in [5.41, 5.74) is 0. The number of hydrogen-bond donors (Lipinski definition) is 1. The van der Waals surface area contributed by atoms with Crippen LogP contribution in [0.1, 0.15) is 33.1 Å². The molecule has 1 N–H and O–H groups in total. The van der Waals surface area contributed by atoms with E-state index >= 15 is 0 Å². The smallest absolute Gasteiger partial charge is 0.241 e. The molecule has 1 aliphatic rings. The van der Waals surface area contributed by atoms with Gasteiger partial charge in [-0.2, -0.15) is 4.72 Å². The molecule has 1 heterocycles. The van der Waals surface area contributed by atoms with E-state index in [1.165, 1.54) is 18.2 Å². The summed E-state index contributed by atoms with van der Waals surface area (Å²) in [6, 6.07) is 3.33. The van der Waals surface area contributed by atoms with Gasteiger partial charge in [0.25, 0.3) is 0 Å². The lowest BCUT2D eigenvalue weighted by Crippen LogP contribution is -2.51. The minimum atomic E-state index is -3.87. The zero-order chi connectivity index (χ0) is 17.2. The summed E-state index contributed by atoms with van der Waals surface area (Å²) in [4.78, 5) is 14.2. The van der Waals surface area contributed by atoms with Crippen LogP contribution in [0.4, 0.5) is 0 Å². The Morgan fingerprint density at radius 3 is 2.43 bits per heavy atom. The Morgan fingerprint density at radius 1 is 1.26 bits per heavy atom. The van der Waals surface area contributed by atoms with Crippen molar-refractivity contribution in [3.05, 3.63) is 28.2 Å². The molecule has 1 fully saturated rings. The number of halogens is 2. The fourth-order valence-corrected chi connectivity index (χ4v) is 4.63. The van der Waals surface area contributed by atoms with E-state index in [0.29, 0.717) is 6.54 Å². The van der Waals surface area contributed by atoms with Gasteiger partial charge in [0.05, 0.1) is 10.9 Å². The topological polar surface area (TPSA) is 66.5 Å². The van der Waals surface area contributed by atoms with E-state index in [-0.39, 0.29) is 26.9 Å².